The van der Waals surface area contributed by atoms with E-state index in [9.17, 15) is 9.50 Å². The zero-order valence-corrected chi connectivity index (χ0v) is 14.4. The lowest BCUT2D eigenvalue weighted by molar-refractivity contribution is 0.105. The average molecular weight is 333 g/mol. The van der Waals surface area contributed by atoms with Crippen LogP contribution in [0.1, 0.15) is 41.8 Å². The molecule has 2 atom stereocenters. The van der Waals surface area contributed by atoms with Crippen LogP contribution in [-0.2, 0) is 7.05 Å². The quantitative estimate of drug-likeness (QED) is 0.914. The summed E-state index contributed by atoms with van der Waals surface area (Å²) in [5, 5.41) is 15.0. The third-order valence-corrected chi connectivity index (χ3v) is 4.77. The van der Waals surface area contributed by atoms with Gasteiger partial charge in [-0.25, -0.2) is 9.07 Å². The van der Waals surface area contributed by atoms with E-state index in [-0.39, 0.29) is 11.9 Å². The highest BCUT2D eigenvalue weighted by atomic mass is 19.1. The zero-order chi connectivity index (χ0) is 17.3. The molecule has 0 saturated carbocycles. The van der Waals surface area contributed by atoms with E-state index in [0.717, 1.165) is 42.1 Å². The van der Waals surface area contributed by atoms with Gasteiger partial charge in [0.15, 0.2) is 0 Å². The number of methoxy groups -OCH3 is 1. The number of rotatable bonds is 5. The molecule has 0 amide bonds. The van der Waals surface area contributed by atoms with Crippen molar-refractivity contribution in [3.8, 4) is 5.88 Å². The highest BCUT2D eigenvalue weighted by Gasteiger charge is 2.33. The van der Waals surface area contributed by atoms with Gasteiger partial charge in [-0.3, -0.25) is 4.90 Å². The lowest BCUT2D eigenvalue weighted by Crippen LogP contribution is -2.29. The first-order valence-electron chi connectivity index (χ1n) is 8.26. The van der Waals surface area contributed by atoms with E-state index in [4.69, 9.17) is 4.74 Å². The maximum atomic E-state index is 13.1. The van der Waals surface area contributed by atoms with Gasteiger partial charge in [-0.1, -0.05) is 12.1 Å². The molecular weight excluding hydrogens is 309 g/mol. The number of likely N-dealkylation sites (tertiary alicyclic amines) is 1. The number of aliphatic hydroxyl groups excluding tert-OH is 1. The summed E-state index contributed by atoms with van der Waals surface area (Å²) >= 11 is 0. The van der Waals surface area contributed by atoms with E-state index < -0.39 is 6.10 Å². The van der Waals surface area contributed by atoms with Crippen LogP contribution in [0.3, 0.4) is 0 Å². The Balaban J connectivity index is 1.80. The van der Waals surface area contributed by atoms with Crippen LogP contribution in [0.15, 0.2) is 24.3 Å². The molecule has 0 aliphatic carbocycles. The number of nitrogens with zero attached hydrogens (tertiary/aromatic N) is 3. The SMILES string of the molecule is COc1c([C@@H]2CCCN2C[C@@H](O)c2ccc(F)cc2)c(C)nn1C. The molecule has 0 radical (unpaired) electrons. The molecule has 1 fully saturated rings. The number of hydrogen-bond acceptors (Lipinski definition) is 4. The first-order valence-corrected chi connectivity index (χ1v) is 8.26. The molecule has 130 valence electrons. The molecule has 1 saturated heterocycles. The van der Waals surface area contributed by atoms with Gasteiger partial charge in [0, 0.05) is 19.6 Å². The maximum Gasteiger partial charge on any atom is 0.216 e. The van der Waals surface area contributed by atoms with Crippen LogP contribution in [0, 0.1) is 12.7 Å². The van der Waals surface area contributed by atoms with Crippen molar-refractivity contribution in [2.45, 2.75) is 31.9 Å². The summed E-state index contributed by atoms with van der Waals surface area (Å²) in [6, 6.07) is 6.23. The predicted molar refractivity (Wildman–Crippen MR) is 89.4 cm³/mol. The van der Waals surface area contributed by atoms with Crippen molar-refractivity contribution >= 4 is 0 Å². The van der Waals surface area contributed by atoms with E-state index in [1.54, 1.807) is 23.9 Å². The first-order chi connectivity index (χ1) is 11.5. The third kappa shape index (κ3) is 3.16. The Hall–Kier alpha value is -1.92. The largest absolute Gasteiger partial charge is 0.481 e. The summed E-state index contributed by atoms with van der Waals surface area (Å²) < 4.78 is 20.3. The molecule has 5 nitrogen and oxygen atoms in total. The van der Waals surface area contributed by atoms with Gasteiger partial charge >= 0.3 is 0 Å². The molecule has 1 N–H and O–H groups in total. The lowest BCUT2D eigenvalue weighted by atomic mass is 10.0. The molecule has 1 aliphatic rings. The summed E-state index contributed by atoms with van der Waals surface area (Å²) in [5.74, 6) is 0.487. The topological polar surface area (TPSA) is 50.5 Å². The standard InChI is InChI=1S/C18H24FN3O2/c1-12-17(18(24-3)21(2)20-12)15-5-4-10-22(15)11-16(23)13-6-8-14(19)9-7-13/h6-9,15-16,23H,4-5,10-11H2,1-3H3/t15-,16+/m0/s1. The fourth-order valence-electron chi connectivity index (χ4n) is 3.66. The van der Waals surface area contributed by atoms with Gasteiger partial charge in [0.25, 0.3) is 0 Å². The summed E-state index contributed by atoms with van der Waals surface area (Å²) in [6.45, 7) is 3.42. The lowest BCUT2D eigenvalue weighted by Gasteiger charge is -2.27. The van der Waals surface area contributed by atoms with E-state index in [0.29, 0.717) is 6.54 Å². The summed E-state index contributed by atoms with van der Waals surface area (Å²) in [5.41, 5.74) is 2.79. The molecule has 2 heterocycles. The zero-order valence-electron chi connectivity index (χ0n) is 14.4. The number of halogens is 1. The van der Waals surface area contributed by atoms with Crippen molar-refractivity contribution in [3.05, 3.63) is 46.9 Å². The molecule has 1 aliphatic heterocycles. The summed E-state index contributed by atoms with van der Waals surface area (Å²) in [6.07, 6.45) is 1.44. The van der Waals surface area contributed by atoms with E-state index in [1.807, 2.05) is 14.0 Å². The predicted octanol–water partition coefficient (Wildman–Crippen LogP) is 2.75. The number of aromatic nitrogens is 2. The van der Waals surface area contributed by atoms with Crippen LogP contribution in [0.25, 0.3) is 0 Å². The Morgan fingerprint density at radius 3 is 2.75 bits per heavy atom. The average Bonchev–Trinajstić information content (AvgIpc) is 3.10. The van der Waals surface area contributed by atoms with Crippen molar-refractivity contribution in [1.29, 1.82) is 0 Å². The second-order valence-corrected chi connectivity index (χ2v) is 6.35. The molecule has 0 spiro atoms. The fourth-order valence-corrected chi connectivity index (χ4v) is 3.66. The molecule has 1 aromatic heterocycles. The van der Waals surface area contributed by atoms with Crippen LogP contribution in [0.4, 0.5) is 4.39 Å². The highest BCUT2D eigenvalue weighted by molar-refractivity contribution is 5.35. The Kier molecular flexibility index (Phi) is 4.87. The molecule has 6 heteroatoms. The third-order valence-electron chi connectivity index (χ3n) is 4.77. The summed E-state index contributed by atoms with van der Waals surface area (Å²) in [4.78, 5) is 2.26. The van der Waals surface area contributed by atoms with E-state index >= 15 is 0 Å². The smallest absolute Gasteiger partial charge is 0.216 e. The normalized spacial score (nSPS) is 19.6. The molecule has 0 unspecified atom stereocenters. The number of aryl methyl sites for hydroxylation is 2. The number of hydrogen-bond donors (Lipinski definition) is 1. The van der Waals surface area contributed by atoms with Gasteiger partial charge in [-0.05, 0) is 44.0 Å². The fraction of sp³-hybridized carbons (Fsp3) is 0.500. The second-order valence-electron chi connectivity index (χ2n) is 6.35. The van der Waals surface area contributed by atoms with E-state index in [2.05, 4.69) is 10.00 Å². The number of aliphatic hydroxyl groups is 1. The van der Waals surface area contributed by atoms with Gasteiger partial charge in [0.1, 0.15) is 5.82 Å². The van der Waals surface area contributed by atoms with Gasteiger partial charge < -0.3 is 9.84 Å². The maximum absolute atomic E-state index is 13.1. The Bertz CT molecular complexity index is 699. The molecule has 3 rings (SSSR count). The Labute approximate surface area is 141 Å². The van der Waals surface area contributed by atoms with Crippen LogP contribution < -0.4 is 4.74 Å². The molecule has 24 heavy (non-hydrogen) atoms. The first kappa shape index (κ1) is 16.9. The minimum atomic E-state index is -0.644. The number of ether oxygens (including phenoxy) is 1. The monoisotopic (exact) mass is 333 g/mol. The summed E-state index contributed by atoms with van der Waals surface area (Å²) in [7, 11) is 3.54. The molecule has 1 aromatic carbocycles. The van der Waals surface area contributed by atoms with Crippen LogP contribution in [-0.4, -0.2) is 40.0 Å². The minimum absolute atomic E-state index is 0.184. The minimum Gasteiger partial charge on any atom is -0.481 e. The van der Waals surface area contributed by atoms with Gasteiger partial charge in [-0.2, -0.15) is 5.10 Å². The van der Waals surface area contributed by atoms with Crippen LogP contribution in [0.5, 0.6) is 5.88 Å². The Morgan fingerprint density at radius 2 is 2.08 bits per heavy atom. The highest BCUT2D eigenvalue weighted by Crippen LogP contribution is 2.39. The second kappa shape index (κ2) is 6.91. The van der Waals surface area contributed by atoms with Crippen molar-refractivity contribution in [3.63, 3.8) is 0 Å². The van der Waals surface area contributed by atoms with Crippen LogP contribution in [0.2, 0.25) is 0 Å². The van der Waals surface area contributed by atoms with Crippen molar-refractivity contribution < 1.29 is 14.2 Å². The molecular formula is C18H24FN3O2. The molecule has 2 aromatic rings. The van der Waals surface area contributed by atoms with E-state index in [1.165, 1.54) is 12.1 Å². The number of benzene rings is 1. The van der Waals surface area contributed by atoms with Gasteiger partial charge in [-0.15, -0.1) is 0 Å². The Morgan fingerprint density at radius 1 is 1.38 bits per heavy atom. The van der Waals surface area contributed by atoms with Gasteiger partial charge in [0.2, 0.25) is 5.88 Å². The van der Waals surface area contributed by atoms with Crippen molar-refractivity contribution in [2.75, 3.05) is 20.2 Å². The van der Waals surface area contributed by atoms with Crippen LogP contribution >= 0.6 is 0 Å². The van der Waals surface area contributed by atoms with Gasteiger partial charge in [0.05, 0.1) is 24.5 Å². The number of β-amino-alcohol motifs (C(OH)–C–C–N with tert-alkyl or cyclic N) is 1. The van der Waals surface area contributed by atoms with Crippen molar-refractivity contribution in [1.82, 2.24) is 14.7 Å². The van der Waals surface area contributed by atoms with Crippen molar-refractivity contribution in [2.24, 2.45) is 7.05 Å². The molecule has 0 bridgehead atoms.